The summed E-state index contributed by atoms with van der Waals surface area (Å²) in [5.41, 5.74) is 6.04. The molecule has 0 radical (unpaired) electrons. The summed E-state index contributed by atoms with van der Waals surface area (Å²) in [4.78, 5) is 32.4. The van der Waals surface area contributed by atoms with E-state index in [4.69, 9.17) is 4.65 Å². The van der Waals surface area contributed by atoms with E-state index in [2.05, 4.69) is 56.0 Å². The largest absolute Gasteiger partial charge is 0.508 e. The van der Waals surface area contributed by atoms with Crippen molar-refractivity contribution in [1.82, 2.24) is 9.80 Å². The fourth-order valence-electron chi connectivity index (χ4n) is 8.52. The van der Waals surface area contributed by atoms with Crippen LogP contribution in [0.25, 0.3) is 6.08 Å². The Labute approximate surface area is 274 Å². The van der Waals surface area contributed by atoms with Crippen molar-refractivity contribution in [1.29, 1.82) is 0 Å². The van der Waals surface area contributed by atoms with Crippen LogP contribution in [0, 0.1) is 23.7 Å². The van der Waals surface area contributed by atoms with Gasteiger partial charge in [0.2, 0.25) is 11.8 Å². The average molecular weight is 625 g/mol. The molecule has 4 atom stereocenters. The molecule has 7 nitrogen and oxygen atoms in total. The molecule has 0 aromatic heterocycles. The smallest absolute Gasteiger partial charge is 0.455 e. The fourth-order valence-corrected chi connectivity index (χ4v) is 8.52. The lowest BCUT2D eigenvalue weighted by atomic mass is 9.57. The third-order valence-corrected chi connectivity index (χ3v) is 10.7. The Bertz CT molecular complexity index is 1450. The highest BCUT2D eigenvalue weighted by Crippen LogP contribution is 2.52. The number of allylic oxidation sites excluding steroid dienone is 2. The van der Waals surface area contributed by atoms with Crippen LogP contribution in [0.5, 0.6) is 5.75 Å². The number of phenolic OH excluding ortho intramolecular Hbond substituents is 1. The van der Waals surface area contributed by atoms with Crippen LogP contribution in [-0.2, 0) is 20.8 Å². The Hall–Kier alpha value is -3.20. The Kier molecular flexibility index (Phi) is 10.2. The van der Waals surface area contributed by atoms with Crippen LogP contribution in [0.1, 0.15) is 76.8 Å². The van der Waals surface area contributed by atoms with Gasteiger partial charge < -0.3 is 14.8 Å². The van der Waals surface area contributed by atoms with E-state index in [0.29, 0.717) is 19.2 Å². The van der Waals surface area contributed by atoms with Gasteiger partial charge in [0.15, 0.2) is 0 Å². The third kappa shape index (κ3) is 6.90. The Balaban J connectivity index is 1.19. The first-order chi connectivity index (χ1) is 22.2. The maximum absolute atomic E-state index is 14.3. The number of benzene rings is 2. The zero-order chi connectivity index (χ0) is 32.4. The normalized spacial score (nSPS) is 26.2. The van der Waals surface area contributed by atoms with Gasteiger partial charge >= 0.3 is 7.12 Å². The van der Waals surface area contributed by atoms with Gasteiger partial charge in [-0.3, -0.25) is 19.4 Å². The van der Waals surface area contributed by atoms with Gasteiger partial charge in [-0.25, -0.2) is 0 Å². The van der Waals surface area contributed by atoms with Crippen molar-refractivity contribution in [3.05, 3.63) is 82.4 Å². The number of phenols is 1. The van der Waals surface area contributed by atoms with E-state index < -0.39 is 13.0 Å². The summed E-state index contributed by atoms with van der Waals surface area (Å²) in [5.74, 6) is -0.517. The van der Waals surface area contributed by atoms with Crippen LogP contribution in [0.4, 0.5) is 0 Å². The maximum atomic E-state index is 14.3. The molecule has 0 spiro atoms. The van der Waals surface area contributed by atoms with Crippen LogP contribution in [-0.4, -0.2) is 64.1 Å². The monoisotopic (exact) mass is 624 g/mol. The molecule has 2 aromatic rings. The minimum Gasteiger partial charge on any atom is -0.508 e. The zero-order valence-electron chi connectivity index (χ0n) is 27.6. The average Bonchev–Trinajstić information content (AvgIpc) is 3.30. The maximum Gasteiger partial charge on any atom is 0.455 e. The molecule has 1 aliphatic carbocycles. The number of rotatable bonds is 10. The number of carbonyl (C=O) groups excluding carboxylic acids is 2. The van der Waals surface area contributed by atoms with E-state index >= 15 is 0 Å². The van der Waals surface area contributed by atoms with Crippen molar-refractivity contribution in [3.63, 3.8) is 0 Å². The van der Waals surface area contributed by atoms with Crippen molar-refractivity contribution in [2.45, 2.75) is 90.7 Å². The SMILES string of the molecule is CCC/C(=C\c1ccc(O)cc1)CC[C@H]1OB(O)C[C@H]2C1=C(C(C)C)C[C@H]1C(=O)N(C3CCN(Cc4ccccc4)CC3)C(=O)[C@H]12. The number of likely N-dealkylation sites (tertiary alicyclic amines) is 2. The van der Waals surface area contributed by atoms with E-state index in [9.17, 15) is 19.7 Å². The third-order valence-electron chi connectivity index (χ3n) is 10.7. The van der Waals surface area contributed by atoms with Gasteiger partial charge in [-0.1, -0.05) is 86.9 Å². The van der Waals surface area contributed by atoms with Gasteiger partial charge in [-0.15, -0.1) is 0 Å². The van der Waals surface area contributed by atoms with Crippen LogP contribution in [0.15, 0.2) is 71.3 Å². The lowest BCUT2D eigenvalue weighted by molar-refractivity contribution is -0.144. The number of imide groups is 1. The van der Waals surface area contributed by atoms with Crippen molar-refractivity contribution < 1.29 is 24.4 Å². The number of fused-ring (bicyclic) bond motifs is 3. The van der Waals surface area contributed by atoms with Crippen molar-refractivity contribution >= 4 is 25.0 Å². The lowest BCUT2D eigenvalue weighted by Gasteiger charge is -2.44. The lowest BCUT2D eigenvalue weighted by Crippen LogP contribution is -2.48. The molecule has 4 aliphatic rings. The molecule has 244 valence electrons. The molecule has 2 N–H and O–H groups in total. The summed E-state index contributed by atoms with van der Waals surface area (Å²) < 4.78 is 6.27. The molecule has 46 heavy (non-hydrogen) atoms. The van der Waals surface area contributed by atoms with Crippen molar-refractivity contribution in [2.24, 2.45) is 23.7 Å². The summed E-state index contributed by atoms with van der Waals surface area (Å²) in [5, 5.41) is 20.7. The molecule has 3 heterocycles. The molecule has 3 aliphatic heterocycles. The summed E-state index contributed by atoms with van der Waals surface area (Å²) in [6, 6.07) is 17.6. The van der Waals surface area contributed by atoms with Gasteiger partial charge in [0.25, 0.3) is 0 Å². The van der Waals surface area contributed by atoms with Gasteiger partial charge in [0.1, 0.15) is 5.75 Å². The number of piperidine rings is 1. The van der Waals surface area contributed by atoms with E-state index in [1.54, 1.807) is 17.0 Å². The molecule has 8 heteroatoms. The van der Waals surface area contributed by atoms with Crippen LogP contribution >= 0.6 is 0 Å². The molecule has 3 saturated heterocycles. The highest BCUT2D eigenvalue weighted by atomic mass is 16.5. The van der Waals surface area contributed by atoms with Crippen LogP contribution < -0.4 is 0 Å². The highest BCUT2D eigenvalue weighted by molar-refractivity contribution is 6.43. The molecule has 3 fully saturated rings. The zero-order valence-corrected chi connectivity index (χ0v) is 27.6. The van der Waals surface area contributed by atoms with Gasteiger partial charge in [-0.2, -0.15) is 0 Å². The molecule has 0 saturated carbocycles. The molecule has 2 aromatic carbocycles. The number of carbonyl (C=O) groups is 2. The van der Waals surface area contributed by atoms with E-state index in [1.165, 1.54) is 22.3 Å². The fraction of sp³-hybridized carbons (Fsp3) is 0.526. The topological polar surface area (TPSA) is 90.3 Å². The Morgan fingerprint density at radius 3 is 2.39 bits per heavy atom. The van der Waals surface area contributed by atoms with E-state index in [0.717, 1.165) is 57.3 Å². The van der Waals surface area contributed by atoms with Crippen molar-refractivity contribution in [2.75, 3.05) is 13.1 Å². The standard InChI is InChI=1S/C38H49BN2O5/c1-4-8-26(21-27-11-14-30(42)15-12-27)13-16-34-35-31(25(2)3)22-32-36(33(35)23-39(45)46-34)38(44)41(37(32)43)29-17-19-40(20-18-29)24-28-9-6-5-7-10-28/h5-7,9-12,14-15,21,25,29,32-34,36,42,45H,4,8,13,16-20,22-24H2,1-3H3/b26-21+/t32-,33+,34-,36-/m1/s1. The number of hydrogen-bond donors (Lipinski definition) is 2. The molecule has 0 unspecified atom stereocenters. The van der Waals surface area contributed by atoms with Gasteiger partial charge in [-0.05, 0) is 85.5 Å². The quantitative estimate of drug-likeness (QED) is 0.179. The molecule has 6 rings (SSSR count). The minimum atomic E-state index is -0.959. The molecular formula is C38H49BN2O5. The molecule has 0 bridgehead atoms. The second-order valence-electron chi connectivity index (χ2n) is 14.1. The first-order valence-electron chi connectivity index (χ1n) is 17.4. The number of aromatic hydroxyl groups is 1. The highest BCUT2D eigenvalue weighted by Gasteiger charge is 2.58. The first-order valence-corrected chi connectivity index (χ1v) is 17.4. The summed E-state index contributed by atoms with van der Waals surface area (Å²) >= 11 is 0. The first kappa shape index (κ1) is 32.7. The number of hydrogen-bond acceptors (Lipinski definition) is 6. The molecular weight excluding hydrogens is 575 g/mol. The summed E-state index contributed by atoms with van der Waals surface area (Å²) in [6.07, 6.45) is 7.95. The summed E-state index contributed by atoms with van der Waals surface area (Å²) in [7, 11) is -0.959. The van der Waals surface area contributed by atoms with Crippen molar-refractivity contribution in [3.8, 4) is 5.75 Å². The van der Waals surface area contributed by atoms with Crippen LogP contribution in [0.2, 0.25) is 6.32 Å². The number of nitrogens with zero attached hydrogens (tertiary/aromatic N) is 2. The summed E-state index contributed by atoms with van der Waals surface area (Å²) in [6.45, 7) is 9.14. The van der Waals surface area contributed by atoms with E-state index in [-0.39, 0.29) is 47.5 Å². The predicted molar refractivity (Wildman–Crippen MR) is 181 cm³/mol. The van der Waals surface area contributed by atoms with Crippen LogP contribution in [0.3, 0.4) is 0 Å². The van der Waals surface area contributed by atoms with E-state index in [1.807, 2.05) is 18.2 Å². The second kappa shape index (κ2) is 14.3. The number of amides is 2. The molecule has 2 amide bonds. The predicted octanol–water partition coefficient (Wildman–Crippen LogP) is 6.47. The Morgan fingerprint density at radius 2 is 1.72 bits per heavy atom. The van der Waals surface area contributed by atoms with Gasteiger partial charge in [0.05, 0.1) is 17.9 Å². The Morgan fingerprint density at radius 1 is 1.00 bits per heavy atom. The van der Waals surface area contributed by atoms with Gasteiger partial charge in [0, 0.05) is 25.7 Å². The second-order valence-corrected chi connectivity index (χ2v) is 14.1. The minimum absolute atomic E-state index is 0.00620.